The van der Waals surface area contributed by atoms with E-state index in [1.54, 1.807) is 0 Å². The van der Waals surface area contributed by atoms with Gasteiger partial charge >= 0.3 is 5.97 Å². The quantitative estimate of drug-likeness (QED) is 0.800. The van der Waals surface area contributed by atoms with Crippen molar-refractivity contribution in [3.63, 3.8) is 0 Å². The number of carbonyl (C=O) groups excluding carboxylic acids is 1. The van der Waals surface area contributed by atoms with Gasteiger partial charge in [-0.05, 0) is 6.07 Å². The van der Waals surface area contributed by atoms with Gasteiger partial charge in [-0.25, -0.2) is 0 Å². The van der Waals surface area contributed by atoms with Crippen molar-refractivity contribution in [3.8, 4) is 5.75 Å². The maximum Gasteiger partial charge on any atom is 0.310 e. The SMILES string of the molecule is COC(=O)Cc1ccc(Cl)c(Cl)c1O. The van der Waals surface area contributed by atoms with Crippen LogP contribution < -0.4 is 0 Å². The molecule has 3 nitrogen and oxygen atoms in total. The monoisotopic (exact) mass is 234 g/mol. The van der Waals surface area contributed by atoms with Crippen LogP contribution in [0.3, 0.4) is 0 Å². The Hall–Kier alpha value is -0.930. The Morgan fingerprint density at radius 3 is 2.71 bits per heavy atom. The third kappa shape index (κ3) is 2.30. The van der Waals surface area contributed by atoms with Crippen molar-refractivity contribution in [1.82, 2.24) is 0 Å². The van der Waals surface area contributed by atoms with Crippen LogP contribution in [0.4, 0.5) is 0 Å². The number of phenolic OH excluding ortho intramolecular Hbond substituents is 1. The van der Waals surface area contributed by atoms with Gasteiger partial charge in [0, 0.05) is 5.56 Å². The van der Waals surface area contributed by atoms with Gasteiger partial charge in [0.05, 0.1) is 18.6 Å². The minimum Gasteiger partial charge on any atom is -0.506 e. The van der Waals surface area contributed by atoms with Crippen molar-refractivity contribution in [2.75, 3.05) is 7.11 Å². The van der Waals surface area contributed by atoms with Crippen molar-refractivity contribution < 1.29 is 14.6 Å². The molecule has 0 radical (unpaired) electrons. The maximum absolute atomic E-state index is 10.9. The third-order valence-electron chi connectivity index (χ3n) is 1.72. The summed E-state index contributed by atoms with van der Waals surface area (Å²) in [4.78, 5) is 10.9. The fraction of sp³-hybridized carbons (Fsp3) is 0.222. The first kappa shape index (κ1) is 11.1. The van der Waals surface area contributed by atoms with Crippen LogP contribution in [0.2, 0.25) is 10.0 Å². The number of carbonyl (C=O) groups is 1. The highest BCUT2D eigenvalue weighted by Crippen LogP contribution is 2.34. The molecule has 1 aromatic rings. The molecule has 0 spiro atoms. The molecule has 0 aliphatic heterocycles. The summed E-state index contributed by atoms with van der Waals surface area (Å²) < 4.78 is 4.45. The zero-order valence-corrected chi connectivity index (χ0v) is 8.89. The summed E-state index contributed by atoms with van der Waals surface area (Å²) in [7, 11) is 1.27. The molecular weight excluding hydrogens is 227 g/mol. The van der Waals surface area contributed by atoms with Crippen LogP contribution in [-0.4, -0.2) is 18.2 Å². The largest absolute Gasteiger partial charge is 0.506 e. The van der Waals surface area contributed by atoms with Crippen molar-refractivity contribution in [2.24, 2.45) is 0 Å². The van der Waals surface area contributed by atoms with Crippen LogP contribution in [0.15, 0.2) is 12.1 Å². The lowest BCUT2D eigenvalue weighted by Gasteiger charge is -2.05. The van der Waals surface area contributed by atoms with Crippen molar-refractivity contribution in [3.05, 3.63) is 27.7 Å². The number of benzene rings is 1. The van der Waals surface area contributed by atoms with E-state index in [-0.39, 0.29) is 22.2 Å². The number of hydrogen-bond donors (Lipinski definition) is 1. The Labute approximate surface area is 91.2 Å². The summed E-state index contributed by atoms with van der Waals surface area (Å²) >= 11 is 11.3. The lowest BCUT2D eigenvalue weighted by atomic mass is 10.1. The zero-order chi connectivity index (χ0) is 10.7. The predicted molar refractivity (Wildman–Crippen MR) is 53.8 cm³/mol. The highest BCUT2D eigenvalue weighted by Gasteiger charge is 2.12. The smallest absolute Gasteiger partial charge is 0.310 e. The van der Waals surface area contributed by atoms with Gasteiger partial charge in [-0.2, -0.15) is 0 Å². The van der Waals surface area contributed by atoms with E-state index in [1.807, 2.05) is 0 Å². The van der Waals surface area contributed by atoms with Crippen molar-refractivity contribution >= 4 is 29.2 Å². The molecule has 5 heteroatoms. The number of hydrogen-bond acceptors (Lipinski definition) is 3. The number of methoxy groups -OCH3 is 1. The lowest BCUT2D eigenvalue weighted by molar-refractivity contribution is -0.139. The van der Waals surface area contributed by atoms with E-state index in [4.69, 9.17) is 23.2 Å². The lowest BCUT2D eigenvalue weighted by Crippen LogP contribution is -2.04. The Kier molecular flexibility index (Phi) is 3.61. The molecule has 0 fully saturated rings. The van der Waals surface area contributed by atoms with Gasteiger partial charge in [0.2, 0.25) is 0 Å². The molecule has 1 N–H and O–H groups in total. The van der Waals surface area contributed by atoms with Crippen LogP contribution in [0.5, 0.6) is 5.75 Å². The van der Waals surface area contributed by atoms with Gasteiger partial charge in [-0.3, -0.25) is 4.79 Å². The molecule has 76 valence electrons. The topological polar surface area (TPSA) is 46.5 Å². The second-order valence-corrected chi connectivity index (χ2v) is 3.41. The van der Waals surface area contributed by atoms with Crippen LogP contribution >= 0.6 is 23.2 Å². The number of aromatic hydroxyl groups is 1. The molecule has 0 unspecified atom stereocenters. The zero-order valence-electron chi connectivity index (χ0n) is 7.38. The maximum atomic E-state index is 10.9. The number of halogens is 2. The standard InChI is InChI=1S/C9H8Cl2O3/c1-14-7(12)4-5-2-3-6(10)8(11)9(5)13/h2-3,13H,4H2,1H3. The fourth-order valence-electron chi connectivity index (χ4n) is 0.950. The summed E-state index contributed by atoms with van der Waals surface area (Å²) in [6, 6.07) is 3.04. The molecule has 0 saturated carbocycles. The molecule has 0 bridgehead atoms. The molecule has 0 aliphatic rings. The van der Waals surface area contributed by atoms with E-state index in [1.165, 1.54) is 19.2 Å². The average molecular weight is 235 g/mol. The Morgan fingerprint density at radius 2 is 2.14 bits per heavy atom. The van der Waals surface area contributed by atoms with Gasteiger partial charge < -0.3 is 9.84 Å². The molecule has 0 amide bonds. The molecule has 1 aromatic carbocycles. The van der Waals surface area contributed by atoms with Gasteiger partial charge in [0.15, 0.2) is 0 Å². The average Bonchev–Trinajstić information content (AvgIpc) is 2.19. The molecule has 0 saturated heterocycles. The predicted octanol–water partition coefficient (Wildman–Crippen LogP) is 2.41. The van der Waals surface area contributed by atoms with E-state index < -0.39 is 5.97 Å². The summed E-state index contributed by atoms with van der Waals surface area (Å²) in [6.07, 6.45) is -0.0285. The summed E-state index contributed by atoms with van der Waals surface area (Å²) in [5.74, 6) is -0.622. The molecule has 0 atom stereocenters. The molecule has 1 rings (SSSR count). The van der Waals surface area contributed by atoms with E-state index >= 15 is 0 Å². The number of esters is 1. The van der Waals surface area contributed by atoms with Crippen LogP contribution in [0.1, 0.15) is 5.56 Å². The summed E-state index contributed by atoms with van der Waals surface area (Å²) in [5.41, 5.74) is 0.395. The number of ether oxygens (including phenoxy) is 1. The van der Waals surface area contributed by atoms with Crippen molar-refractivity contribution in [1.29, 1.82) is 0 Å². The first-order valence-electron chi connectivity index (χ1n) is 3.79. The van der Waals surface area contributed by atoms with Gasteiger partial charge in [-0.1, -0.05) is 29.3 Å². The van der Waals surface area contributed by atoms with Crippen LogP contribution in [0.25, 0.3) is 0 Å². The molecule has 0 aliphatic carbocycles. The Morgan fingerprint density at radius 1 is 1.50 bits per heavy atom. The summed E-state index contributed by atoms with van der Waals surface area (Å²) in [5, 5.41) is 9.80. The molecular formula is C9H8Cl2O3. The molecule has 0 aromatic heterocycles. The highest BCUT2D eigenvalue weighted by atomic mass is 35.5. The van der Waals surface area contributed by atoms with Crippen LogP contribution in [-0.2, 0) is 16.0 Å². The first-order chi connectivity index (χ1) is 6.56. The fourth-order valence-corrected chi connectivity index (χ4v) is 1.29. The first-order valence-corrected chi connectivity index (χ1v) is 4.54. The van der Waals surface area contributed by atoms with Crippen molar-refractivity contribution in [2.45, 2.75) is 6.42 Å². The molecule has 14 heavy (non-hydrogen) atoms. The number of phenols is 1. The van der Waals surface area contributed by atoms with E-state index in [0.717, 1.165) is 0 Å². The van der Waals surface area contributed by atoms with Gasteiger partial charge in [-0.15, -0.1) is 0 Å². The minimum atomic E-state index is -0.446. The molecule has 0 heterocycles. The highest BCUT2D eigenvalue weighted by molar-refractivity contribution is 6.43. The second-order valence-electron chi connectivity index (χ2n) is 2.62. The van der Waals surface area contributed by atoms with Gasteiger partial charge in [0.1, 0.15) is 10.8 Å². The van der Waals surface area contributed by atoms with Gasteiger partial charge in [0.25, 0.3) is 0 Å². The second kappa shape index (κ2) is 4.53. The Balaban J connectivity index is 3.00. The Bertz CT molecular complexity index is 363. The van der Waals surface area contributed by atoms with E-state index in [2.05, 4.69) is 4.74 Å². The third-order valence-corrected chi connectivity index (χ3v) is 2.51. The minimum absolute atomic E-state index is 0.0285. The summed E-state index contributed by atoms with van der Waals surface area (Å²) in [6.45, 7) is 0. The number of rotatable bonds is 2. The normalized spacial score (nSPS) is 9.93. The van der Waals surface area contributed by atoms with Crippen LogP contribution in [0, 0.1) is 0 Å². The van der Waals surface area contributed by atoms with E-state index in [9.17, 15) is 9.90 Å². The van der Waals surface area contributed by atoms with E-state index in [0.29, 0.717) is 5.56 Å².